The van der Waals surface area contributed by atoms with E-state index >= 15 is 0 Å². The number of imidazole rings is 1. The highest BCUT2D eigenvalue weighted by atomic mass is 32.2. The van der Waals surface area contributed by atoms with Crippen LogP contribution in [-0.2, 0) is 28.9 Å². The minimum Gasteiger partial charge on any atom is -0.493 e. The number of carbonyl (C=O) groups excluding carboxylic acids is 1. The Bertz CT molecular complexity index is 1370. The van der Waals surface area contributed by atoms with Gasteiger partial charge in [0, 0.05) is 14.1 Å². The number of ether oxygens (including phenoxy) is 1. The number of benzene rings is 1. The van der Waals surface area contributed by atoms with Gasteiger partial charge in [-0.15, -0.1) is 0 Å². The lowest BCUT2D eigenvalue weighted by Gasteiger charge is -2.11. The molecule has 0 saturated carbocycles. The molecule has 1 aromatic carbocycles. The predicted molar refractivity (Wildman–Crippen MR) is 108 cm³/mol. The Labute approximate surface area is 170 Å². The van der Waals surface area contributed by atoms with E-state index in [1.165, 1.54) is 36.9 Å². The van der Waals surface area contributed by atoms with Crippen molar-refractivity contribution in [1.82, 2.24) is 23.8 Å². The van der Waals surface area contributed by atoms with Crippen LogP contribution in [0.15, 0.2) is 32.7 Å². The van der Waals surface area contributed by atoms with Gasteiger partial charge in [-0.2, -0.15) is 0 Å². The number of aromatic amines is 1. The fraction of sp³-hybridized carbons (Fsp3) is 0.294. The lowest BCUT2D eigenvalue weighted by molar-refractivity contribution is -0.116. The molecule has 160 valence electrons. The van der Waals surface area contributed by atoms with Crippen molar-refractivity contribution < 1.29 is 17.9 Å². The second-order valence-corrected chi connectivity index (χ2v) is 8.14. The summed E-state index contributed by atoms with van der Waals surface area (Å²) in [5.74, 6) is -0.385. The number of nitrogens with two attached hydrogens (primary N) is 1. The SMILES string of the molecule is CCOc1ccc(S(=O)(=O)NCC(N)=O)cc1-c1nc2c([nH]1)c(=O)n(C)c(=O)n2C. The second kappa shape index (κ2) is 7.76. The molecule has 0 radical (unpaired) electrons. The number of aryl methyl sites for hydroxylation is 1. The standard InChI is InChI=1S/C17H20N6O6S/c1-4-29-11-6-5-9(30(27,28)19-8-12(18)24)7-10(11)14-20-13-15(21-14)22(2)17(26)23(3)16(13)25/h5-7,19H,4,8H2,1-3H3,(H2,18,24)(H,20,21). The molecule has 0 saturated heterocycles. The quantitative estimate of drug-likeness (QED) is 0.417. The third-order valence-electron chi connectivity index (χ3n) is 4.35. The highest BCUT2D eigenvalue weighted by Crippen LogP contribution is 2.31. The van der Waals surface area contributed by atoms with E-state index < -0.39 is 33.7 Å². The molecular formula is C17H20N6O6S. The molecule has 0 atom stereocenters. The fourth-order valence-corrected chi connectivity index (χ4v) is 3.86. The first kappa shape index (κ1) is 21.3. The zero-order valence-electron chi connectivity index (χ0n) is 16.4. The monoisotopic (exact) mass is 436 g/mol. The second-order valence-electron chi connectivity index (χ2n) is 6.37. The number of carbonyl (C=O) groups is 1. The van der Waals surface area contributed by atoms with Crippen LogP contribution in [0, 0.1) is 0 Å². The van der Waals surface area contributed by atoms with E-state index in [4.69, 9.17) is 10.5 Å². The van der Waals surface area contributed by atoms with Crippen LogP contribution in [0.5, 0.6) is 5.75 Å². The zero-order valence-corrected chi connectivity index (χ0v) is 17.2. The van der Waals surface area contributed by atoms with E-state index in [9.17, 15) is 22.8 Å². The van der Waals surface area contributed by atoms with Crippen molar-refractivity contribution in [3.05, 3.63) is 39.0 Å². The highest BCUT2D eigenvalue weighted by molar-refractivity contribution is 7.89. The van der Waals surface area contributed by atoms with Gasteiger partial charge < -0.3 is 15.5 Å². The molecule has 12 nitrogen and oxygen atoms in total. The Kier molecular flexibility index (Phi) is 5.50. The third-order valence-corrected chi connectivity index (χ3v) is 5.75. The van der Waals surface area contributed by atoms with E-state index in [0.29, 0.717) is 12.4 Å². The first-order chi connectivity index (χ1) is 14.1. The molecule has 2 heterocycles. The Morgan fingerprint density at radius 1 is 1.27 bits per heavy atom. The molecule has 0 aliphatic rings. The summed E-state index contributed by atoms with van der Waals surface area (Å²) >= 11 is 0. The number of rotatable bonds is 7. The number of hydrogen-bond acceptors (Lipinski definition) is 7. The van der Waals surface area contributed by atoms with Gasteiger partial charge in [0.05, 0.1) is 23.6 Å². The molecule has 4 N–H and O–H groups in total. The first-order valence-electron chi connectivity index (χ1n) is 8.77. The van der Waals surface area contributed by atoms with Crippen molar-refractivity contribution in [2.45, 2.75) is 11.8 Å². The number of fused-ring (bicyclic) bond motifs is 1. The average molecular weight is 436 g/mol. The van der Waals surface area contributed by atoms with Crippen LogP contribution in [0.1, 0.15) is 6.92 Å². The largest absolute Gasteiger partial charge is 0.493 e. The van der Waals surface area contributed by atoms with Gasteiger partial charge in [0.25, 0.3) is 5.56 Å². The van der Waals surface area contributed by atoms with Crippen molar-refractivity contribution in [2.24, 2.45) is 19.8 Å². The molecule has 30 heavy (non-hydrogen) atoms. The first-order valence-corrected chi connectivity index (χ1v) is 10.3. The average Bonchev–Trinajstić information content (AvgIpc) is 3.15. The van der Waals surface area contributed by atoms with Crippen molar-refractivity contribution in [3.63, 3.8) is 0 Å². The molecule has 13 heteroatoms. The number of primary amides is 1. The van der Waals surface area contributed by atoms with Crippen LogP contribution < -0.4 is 26.4 Å². The molecule has 0 unspecified atom stereocenters. The number of sulfonamides is 1. The maximum atomic E-state index is 12.5. The summed E-state index contributed by atoms with van der Waals surface area (Å²) in [4.78, 5) is 42.5. The summed E-state index contributed by atoms with van der Waals surface area (Å²) < 4.78 is 34.7. The predicted octanol–water partition coefficient (Wildman–Crippen LogP) is -1.21. The van der Waals surface area contributed by atoms with Gasteiger partial charge in [-0.3, -0.25) is 18.7 Å². The maximum Gasteiger partial charge on any atom is 0.332 e. The Hall–Kier alpha value is -3.45. The molecule has 1 amide bonds. The van der Waals surface area contributed by atoms with E-state index in [0.717, 1.165) is 4.57 Å². The summed E-state index contributed by atoms with van der Waals surface area (Å²) in [5.41, 5.74) is 4.32. The number of aromatic nitrogens is 4. The smallest absolute Gasteiger partial charge is 0.332 e. The van der Waals surface area contributed by atoms with Crippen LogP contribution >= 0.6 is 0 Å². The van der Waals surface area contributed by atoms with Gasteiger partial charge >= 0.3 is 5.69 Å². The van der Waals surface area contributed by atoms with Crippen LogP contribution in [0.3, 0.4) is 0 Å². The van der Waals surface area contributed by atoms with Crippen LogP contribution in [0.4, 0.5) is 0 Å². The Morgan fingerprint density at radius 3 is 2.60 bits per heavy atom. The topological polar surface area (TPSA) is 171 Å². The summed E-state index contributed by atoms with van der Waals surface area (Å²) in [6, 6.07) is 4.02. The maximum absolute atomic E-state index is 12.5. The zero-order chi connectivity index (χ0) is 22.2. The minimum atomic E-state index is -4.05. The molecule has 0 fully saturated rings. The van der Waals surface area contributed by atoms with Gasteiger partial charge in [-0.1, -0.05) is 0 Å². The lowest BCUT2D eigenvalue weighted by atomic mass is 10.2. The lowest BCUT2D eigenvalue weighted by Crippen LogP contribution is -2.36. The van der Waals surface area contributed by atoms with Crippen molar-refractivity contribution >= 4 is 27.1 Å². The van der Waals surface area contributed by atoms with Gasteiger partial charge in [-0.05, 0) is 25.1 Å². The summed E-state index contributed by atoms with van der Waals surface area (Å²) in [6.45, 7) is 1.48. The van der Waals surface area contributed by atoms with Gasteiger partial charge in [-0.25, -0.2) is 22.9 Å². The number of nitrogens with one attached hydrogen (secondary N) is 2. The molecule has 2 aromatic heterocycles. The van der Waals surface area contributed by atoms with E-state index in [-0.39, 0.29) is 27.4 Å². The number of nitrogens with zero attached hydrogens (tertiary/aromatic N) is 3. The van der Waals surface area contributed by atoms with Crippen LogP contribution in [-0.4, -0.2) is 46.6 Å². The van der Waals surface area contributed by atoms with E-state index in [1.807, 2.05) is 0 Å². The van der Waals surface area contributed by atoms with Crippen LogP contribution in [0.25, 0.3) is 22.6 Å². The molecule has 0 aliphatic heterocycles. The molecule has 0 spiro atoms. The Morgan fingerprint density at radius 2 is 1.97 bits per heavy atom. The summed E-state index contributed by atoms with van der Waals surface area (Å²) in [6.07, 6.45) is 0. The molecular weight excluding hydrogens is 416 g/mol. The fourth-order valence-electron chi connectivity index (χ4n) is 2.85. The Balaban J connectivity index is 2.23. The number of hydrogen-bond donors (Lipinski definition) is 3. The van der Waals surface area contributed by atoms with Crippen molar-refractivity contribution in [3.8, 4) is 17.1 Å². The molecule has 3 aromatic rings. The minimum absolute atomic E-state index is 0.0807. The van der Waals surface area contributed by atoms with Gasteiger partial charge in [0.15, 0.2) is 5.65 Å². The van der Waals surface area contributed by atoms with Gasteiger partial charge in [0.2, 0.25) is 15.9 Å². The normalized spacial score (nSPS) is 11.7. The number of H-pyrrole nitrogens is 1. The molecule has 0 bridgehead atoms. The molecule has 3 rings (SSSR count). The number of amides is 1. The van der Waals surface area contributed by atoms with Crippen LogP contribution in [0.2, 0.25) is 0 Å². The summed E-state index contributed by atoms with van der Waals surface area (Å²) in [5, 5.41) is 0. The summed E-state index contributed by atoms with van der Waals surface area (Å²) in [7, 11) is -1.24. The third kappa shape index (κ3) is 3.71. The molecule has 0 aliphatic carbocycles. The highest BCUT2D eigenvalue weighted by Gasteiger charge is 2.21. The van der Waals surface area contributed by atoms with E-state index in [2.05, 4.69) is 14.7 Å². The van der Waals surface area contributed by atoms with Crippen molar-refractivity contribution in [1.29, 1.82) is 0 Å². The van der Waals surface area contributed by atoms with Crippen molar-refractivity contribution in [2.75, 3.05) is 13.2 Å². The van der Waals surface area contributed by atoms with E-state index in [1.54, 1.807) is 6.92 Å². The van der Waals surface area contributed by atoms with Gasteiger partial charge in [0.1, 0.15) is 17.1 Å².